The van der Waals surface area contributed by atoms with Crippen LogP contribution in [0, 0.1) is 0 Å². The molecule has 0 unspecified atom stereocenters. The molecule has 5 nitrogen and oxygen atoms in total. The lowest BCUT2D eigenvalue weighted by atomic mass is 10.2. The van der Waals surface area contributed by atoms with Crippen LogP contribution in [0.1, 0.15) is 24.6 Å². The monoisotopic (exact) mass is 270 g/mol. The summed E-state index contributed by atoms with van der Waals surface area (Å²) < 4.78 is 1.75. The van der Waals surface area contributed by atoms with Crippen molar-refractivity contribution in [3.05, 3.63) is 53.9 Å². The minimum Gasteiger partial charge on any atom is -0.353 e. The molecule has 0 bridgehead atoms. The highest BCUT2D eigenvalue weighted by Gasteiger charge is 1.99. The van der Waals surface area contributed by atoms with Crippen LogP contribution in [0.5, 0.6) is 0 Å². The highest BCUT2D eigenvalue weighted by atomic mass is 16.1. The lowest BCUT2D eigenvalue weighted by Gasteiger charge is -1.99. The number of hydrogen-bond donors (Lipinski definition) is 1. The van der Waals surface area contributed by atoms with Crippen LogP contribution in [0.2, 0.25) is 0 Å². The Labute approximate surface area is 118 Å². The molecule has 0 saturated carbocycles. The zero-order valence-corrected chi connectivity index (χ0v) is 11.5. The van der Waals surface area contributed by atoms with E-state index in [9.17, 15) is 4.79 Å². The van der Waals surface area contributed by atoms with Crippen LogP contribution in [0.3, 0.4) is 0 Å². The van der Waals surface area contributed by atoms with Crippen LogP contribution < -0.4 is 5.32 Å². The Bertz CT molecular complexity index is 575. The van der Waals surface area contributed by atoms with Crippen molar-refractivity contribution < 1.29 is 4.79 Å². The fraction of sp³-hybridized carbons (Fsp3) is 0.267. The van der Waals surface area contributed by atoms with E-state index in [0.717, 1.165) is 12.0 Å². The summed E-state index contributed by atoms with van der Waals surface area (Å²) in [4.78, 5) is 11.4. The van der Waals surface area contributed by atoms with Crippen molar-refractivity contribution in [2.24, 2.45) is 0 Å². The number of amides is 1. The number of hydrogen-bond acceptors (Lipinski definition) is 3. The molecular formula is C15H18N4O. The summed E-state index contributed by atoms with van der Waals surface area (Å²) in [6.07, 6.45) is 5.88. The number of nitrogens with zero attached hydrogens (tertiary/aromatic N) is 3. The lowest BCUT2D eigenvalue weighted by molar-refractivity contribution is -0.116. The number of carbonyl (C=O) groups excluding carboxylic acids is 1. The number of nitrogens with one attached hydrogen (secondary N) is 1. The van der Waals surface area contributed by atoms with E-state index in [2.05, 4.69) is 15.6 Å². The summed E-state index contributed by atoms with van der Waals surface area (Å²) in [5.74, 6) is -0.107. The summed E-state index contributed by atoms with van der Waals surface area (Å²) in [5, 5.41) is 10.8. The van der Waals surface area contributed by atoms with Gasteiger partial charge in [-0.1, -0.05) is 42.5 Å². The summed E-state index contributed by atoms with van der Waals surface area (Å²) in [5.41, 5.74) is 1.83. The quantitative estimate of drug-likeness (QED) is 0.815. The minimum atomic E-state index is -0.107. The van der Waals surface area contributed by atoms with Gasteiger partial charge in [0.2, 0.25) is 5.91 Å². The van der Waals surface area contributed by atoms with Crippen LogP contribution in [0.4, 0.5) is 0 Å². The molecule has 0 aliphatic heterocycles. The summed E-state index contributed by atoms with van der Waals surface area (Å²) in [7, 11) is 0. The van der Waals surface area contributed by atoms with Gasteiger partial charge >= 0.3 is 0 Å². The van der Waals surface area contributed by atoms with Gasteiger partial charge in [-0.3, -0.25) is 4.79 Å². The Hall–Kier alpha value is -2.43. The summed E-state index contributed by atoms with van der Waals surface area (Å²) in [6.45, 7) is 3.37. The van der Waals surface area contributed by atoms with Crippen molar-refractivity contribution in [2.75, 3.05) is 6.54 Å². The van der Waals surface area contributed by atoms with Crippen LogP contribution >= 0.6 is 0 Å². The average Bonchev–Trinajstić information content (AvgIpc) is 2.91. The third-order valence-corrected chi connectivity index (χ3v) is 2.70. The van der Waals surface area contributed by atoms with Gasteiger partial charge in [-0.2, -0.15) is 0 Å². The van der Waals surface area contributed by atoms with Crippen LogP contribution in [-0.4, -0.2) is 27.4 Å². The summed E-state index contributed by atoms with van der Waals surface area (Å²) in [6, 6.07) is 10.0. The van der Waals surface area contributed by atoms with Crippen LogP contribution in [0.25, 0.3) is 6.08 Å². The van der Waals surface area contributed by atoms with Gasteiger partial charge in [-0.05, 0) is 18.1 Å². The van der Waals surface area contributed by atoms with E-state index in [1.54, 1.807) is 10.8 Å². The number of rotatable bonds is 6. The molecule has 2 rings (SSSR count). The molecule has 20 heavy (non-hydrogen) atoms. The Morgan fingerprint density at radius 3 is 2.90 bits per heavy atom. The van der Waals surface area contributed by atoms with Crippen molar-refractivity contribution >= 4 is 12.0 Å². The second-order valence-electron chi connectivity index (χ2n) is 4.45. The van der Waals surface area contributed by atoms with Crippen molar-refractivity contribution in [1.29, 1.82) is 0 Å². The first-order chi connectivity index (χ1) is 9.78. The second kappa shape index (κ2) is 7.23. The Kier molecular flexibility index (Phi) is 5.06. The van der Waals surface area contributed by atoms with E-state index >= 15 is 0 Å². The molecule has 0 aliphatic rings. The second-order valence-corrected chi connectivity index (χ2v) is 4.45. The molecular weight excluding hydrogens is 252 g/mol. The van der Waals surface area contributed by atoms with Crippen molar-refractivity contribution in [3.8, 4) is 0 Å². The Balaban J connectivity index is 1.92. The van der Waals surface area contributed by atoms with E-state index < -0.39 is 0 Å². The molecule has 0 atom stereocenters. The third kappa shape index (κ3) is 4.35. The first kappa shape index (κ1) is 14.0. The molecule has 0 fully saturated rings. The molecule has 0 spiro atoms. The maximum Gasteiger partial charge on any atom is 0.244 e. The molecule has 0 aliphatic carbocycles. The molecule has 1 aromatic heterocycles. The smallest absolute Gasteiger partial charge is 0.244 e. The fourth-order valence-electron chi connectivity index (χ4n) is 1.71. The van der Waals surface area contributed by atoms with Gasteiger partial charge < -0.3 is 5.32 Å². The molecule has 0 saturated heterocycles. The van der Waals surface area contributed by atoms with Crippen molar-refractivity contribution in [1.82, 2.24) is 20.3 Å². The molecule has 0 radical (unpaired) electrons. The van der Waals surface area contributed by atoms with E-state index in [-0.39, 0.29) is 5.91 Å². The van der Waals surface area contributed by atoms with E-state index in [1.165, 1.54) is 6.08 Å². The van der Waals surface area contributed by atoms with Gasteiger partial charge in [0, 0.05) is 12.6 Å². The highest BCUT2D eigenvalue weighted by molar-refractivity contribution is 5.91. The largest absolute Gasteiger partial charge is 0.353 e. The van der Waals surface area contributed by atoms with Crippen molar-refractivity contribution in [2.45, 2.75) is 19.9 Å². The summed E-state index contributed by atoms with van der Waals surface area (Å²) >= 11 is 0. The molecule has 1 amide bonds. The normalized spacial score (nSPS) is 10.8. The lowest BCUT2D eigenvalue weighted by Crippen LogP contribution is -2.21. The maximum absolute atomic E-state index is 11.4. The van der Waals surface area contributed by atoms with Crippen molar-refractivity contribution in [3.63, 3.8) is 0 Å². The number of carbonyl (C=O) groups is 1. The van der Waals surface area contributed by atoms with E-state index in [4.69, 9.17) is 0 Å². The van der Waals surface area contributed by atoms with Gasteiger partial charge in [0.25, 0.3) is 0 Å². The Morgan fingerprint density at radius 1 is 1.35 bits per heavy atom. The van der Waals surface area contributed by atoms with Gasteiger partial charge in [-0.15, -0.1) is 5.10 Å². The first-order valence-electron chi connectivity index (χ1n) is 6.68. The SMILES string of the molecule is CCCNC(=O)C=Cc1cn(Cc2ccccc2)nn1. The van der Waals surface area contributed by atoms with E-state index in [0.29, 0.717) is 18.8 Å². The zero-order chi connectivity index (χ0) is 14.2. The standard InChI is InChI=1S/C15H18N4O/c1-2-10-16-15(20)9-8-14-12-19(18-17-14)11-13-6-4-3-5-7-13/h3-9,12H,2,10-11H2,1H3,(H,16,20). The zero-order valence-electron chi connectivity index (χ0n) is 11.5. The van der Waals surface area contributed by atoms with Gasteiger partial charge in [0.15, 0.2) is 0 Å². The van der Waals surface area contributed by atoms with Gasteiger partial charge in [-0.25, -0.2) is 4.68 Å². The predicted octanol–water partition coefficient (Wildman–Crippen LogP) is 1.87. The third-order valence-electron chi connectivity index (χ3n) is 2.70. The molecule has 2 aromatic rings. The van der Waals surface area contributed by atoms with Crippen LogP contribution in [0.15, 0.2) is 42.6 Å². The number of aromatic nitrogens is 3. The molecule has 5 heteroatoms. The molecule has 1 aromatic carbocycles. The van der Waals surface area contributed by atoms with Gasteiger partial charge in [0.05, 0.1) is 12.7 Å². The molecule has 1 N–H and O–H groups in total. The van der Waals surface area contributed by atoms with Crippen LogP contribution in [-0.2, 0) is 11.3 Å². The molecule has 1 heterocycles. The minimum absolute atomic E-state index is 0.107. The highest BCUT2D eigenvalue weighted by Crippen LogP contribution is 2.03. The predicted molar refractivity (Wildman–Crippen MR) is 77.9 cm³/mol. The Morgan fingerprint density at radius 2 is 2.15 bits per heavy atom. The molecule has 104 valence electrons. The van der Waals surface area contributed by atoms with Gasteiger partial charge in [0.1, 0.15) is 5.69 Å². The first-order valence-corrected chi connectivity index (χ1v) is 6.68. The van der Waals surface area contributed by atoms with E-state index in [1.807, 2.05) is 43.5 Å². The maximum atomic E-state index is 11.4. The topological polar surface area (TPSA) is 59.8 Å². The average molecular weight is 270 g/mol. The fourth-order valence-corrected chi connectivity index (χ4v) is 1.71. The number of benzene rings is 1.